The number of rotatable bonds is 6. The Morgan fingerprint density at radius 2 is 2.17 bits per heavy atom. The summed E-state index contributed by atoms with van der Waals surface area (Å²) in [6.07, 6.45) is 4.30. The highest BCUT2D eigenvalue weighted by molar-refractivity contribution is 7.98. The molecule has 1 fully saturated rings. The quantitative estimate of drug-likeness (QED) is 0.798. The van der Waals surface area contributed by atoms with E-state index in [4.69, 9.17) is 9.47 Å². The molecule has 5 heteroatoms. The fourth-order valence-electron chi connectivity index (χ4n) is 2.60. The van der Waals surface area contributed by atoms with Crippen molar-refractivity contribution in [3.63, 3.8) is 0 Å². The number of nitrogens with one attached hydrogen (secondary N) is 1. The summed E-state index contributed by atoms with van der Waals surface area (Å²) in [7, 11) is 0. The van der Waals surface area contributed by atoms with Crippen LogP contribution in [0.25, 0.3) is 0 Å². The molecule has 1 aliphatic rings. The van der Waals surface area contributed by atoms with Gasteiger partial charge < -0.3 is 14.8 Å². The van der Waals surface area contributed by atoms with Gasteiger partial charge in [0.25, 0.3) is 5.91 Å². The number of carbonyl (C=O) groups excluding carboxylic acids is 1. The Bertz CT molecular complexity index is 699. The molecule has 0 aromatic heterocycles. The largest absolute Gasteiger partial charge is 0.491 e. The lowest BCUT2D eigenvalue weighted by atomic mass is 10.2. The van der Waals surface area contributed by atoms with E-state index in [0.717, 1.165) is 30.0 Å². The van der Waals surface area contributed by atoms with Crippen molar-refractivity contribution in [3.05, 3.63) is 54.1 Å². The maximum atomic E-state index is 12.4. The molecule has 1 aliphatic heterocycles. The Morgan fingerprint density at radius 3 is 2.96 bits per heavy atom. The standard InChI is InChI=1S/C19H21NO3S/c1-24-18-9-3-6-15(12-18)20-19(21)14-5-2-7-16(11-14)23-13-17-8-4-10-22-17/h2-3,5-7,9,11-12,17H,4,8,10,13H2,1H3,(H,20,21). The molecule has 1 N–H and O–H groups in total. The van der Waals surface area contributed by atoms with Crippen molar-refractivity contribution in [1.82, 2.24) is 0 Å². The summed E-state index contributed by atoms with van der Waals surface area (Å²) in [6, 6.07) is 15.0. The van der Waals surface area contributed by atoms with Gasteiger partial charge in [-0.1, -0.05) is 12.1 Å². The molecular weight excluding hydrogens is 322 g/mol. The number of anilines is 1. The van der Waals surface area contributed by atoms with E-state index < -0.39 is 0 Å². The molecule has 3 rings (SSSR count). The Hall–Kier alpha value is -1.98. The van der Waals surface area contributed by atoms with Crippen LogP contribution in [0, 0.1) is 0 Å². The van der Waals surface area contributed by atoms with E-state index in [1.54, 1.807) is 23.9 Å². The highest BCUT2D eigenvalue weighted by atomic mass is 32.2. The molecule has 1 amide bonds. The number of thioether (sulfide) groups is 1. The molecule has 1 saturated heterocycles. The lowest BCUT2D eigenvalue weighted by molar-refractivity contribution is 0.0679. The first kappa shape index (κ1) is 16.9. The van der Waals surface area contributed by atoms with Crippen molar-refractivity contribution >= 4 is 23.4 Å². The highest BCUT2D eigenvalue weighted by Gasteiger charge is 2.16. The summed E-state index contributed by atoms with van der Waals surface area (Å²) >= 11 is 1.64. The van der Waals surface area contributed by atoms with Gasteiger partial charge in [-0.2, -0.15) is 0 Å². The number of hydrogen-bond donors (Lipinski definition) is 1. The Labute approximate surface area is 146 Å². The number of ether oxygens (including phenoxy) is 2. The number of amides is 1. The van der Waals surface area contributed by atoms with E-state index >= 15 is 0 Å². The van der Waals surface area contributed by atoms with Gasteiger partial charge in [0, 0.05) is 22.8 Å². The molecular formula is C19H21NO3S. The molecule has 0 bridgehead atoms. The van der Waals surface area contributed by atoms with E-state index in [1.165, 1.54) is 0 Å². The number of carbonyl (C=O) groups is 1. The molecule has 2 aromatic carbocycles. The topological polar surface area (TPSA) is 47.6 Å². The van der Waals surface area contributed by atoms with Crippen LogP contribution in [0.1, 0.15) is 23.2 Å². The second-order valence-electron chi connectivity index (χ2n) is 5.66. The second kappa shape index (κ2) is 8.22. The minimum Gasteiger partial charge on any atom is -0.491 e. The van der Waals surface area contributed by atoms with Crippen LogP contribution in [0.2, 0.25) is 0 Å². The van der Waals surface area contributed by atoms with Crippen LogP contribution in [0.5, 0.6) is 5.75 Å². The lowest BCUT2D eigenvalue weighted by Crippen LogP contribution is -2.17. The monoisotopic (exact) mass is 343 g/mol. The third-order valence-corrected chi connectivity index (χ3v) is 4.61. The van der Waals surface area contributed by atoms with Crippen molar-refractivity contribution in [3.8, 4) is 5.75 Å². The summed E-state index contributed by atoms with van der Waals surface area (Å²) in [5.74, 6) is 0.548. The van der Waals surface area contributed by atoms with Crippen molar-refractivity contribution in [1.29, 1.82) is 0 Å². The van der Waals surface area contributed by atoms with Crippen LogP contribution in [0.4, 0.5) is 5.69 Å². The third-order valence-electron chi connectivity index (χ3n) is 3.88. The van der Waals surface area contributed by atoms with Crippen molar-refractivity contribution in [2.75, 3.05) is 24.8 Å². The highest BCUT2D eigenvalue weighted by Crippen LogP contribution is 2.21. The Balaban J connectivity index is 1.62. The van der Waals surface area contributed by atoms with E-state index in [2.05, 4.69) is 5.32 Å². The van der Waals surface area contributed by atoms with Crippen LogP contribution in [0.15, 0.2) is 53.4 Å². The SMILES string of the molecule is CSc1cccc(NC(=O)c2cccc(OCC3CCCO3)c2)c1. The van der Waals surface area contributed by atoms with Gasteiger partial charge in [-0.3, -0.25) is 4.79 Å². The first-order valence-electron chi connectivity index (χ1n) is 8.04. The van der Waals surface area contributed by atoms with Crippen molar-refractivity contribution in [2.45, 2.75) is 23.8 Å². The predicted molar refractivity (Wildman–Crippen MR) is 97.1 cm³/mol. The average molecular weight is 343 g/mol. The zero-order valence-corrected chi connectivity index (χ0v) is 14.5. The molecule has 0 saturated carbocycles. The summed E-state index contributed by atoms with van der Waals surface area (Å²) in [5, 5.41) is 2.92. The second-order valence-corrected chi connectivity index (χ2v) is 6.54. The van der Waals surface area contributed by atoms with Gasteiger partial charge in [0.1, 0.15) is 12.4 Å². The molecule has 0 aliphatic carbocycles. The predicted octanol–water partition coefficient (Wildman–Crippen LogP) is 4.22. The molecule has 1 atom stereocenters. The average Bonchev–Trinajstić information content (AvgIpc) is 3.14. The smallest absolute Gasteiger partial charge is 0.255 e. The van der Waals surface area contributed by atoms with E-state index in [0.29, 0.717) is 17.9 Å². The minimum atomic E-state index is -0.143. The van der Waals surface area contributed by atoms with Crippen LogP contribution < -0.4 is 10.1 Å². The molecule has 0 spiro atoms. The summed E-state index contributed by atoms with van der Waals surface area (Å²) < 4.78 is 11.3. The number of hydrogen-bond acceptors (Lipinski definition) is 4. The van der Waals surface area contributed by atoms with Gasteiger partial charge in [0.05, 0.1) is 6.10 Å². The molecule has 2 aromatic rings. The van der Waals surface area contributed by atoms with Crippen LogP contribution in [-0.2, 0) is 4.74 Å². The van der Waals surface area contributed by atoms with Gasteiger partial charge in [-0.15, -0.1) is 11.8 Å². The third kappa shape index (κ3) is 4.52. The first-order valence-corrected chi connectivity index (χ1v) is 9.27. The molecule has 4 nitrogen and oxygen atoms in total. The van der Waals surface area contributed by atoms with E-state index in [-0.39, 0.29) is 12.0 Å². The molecule has 1 unspecified atom stereocenters. The molecule has 0 radical (unpaired) electrons. The normalized spacial score (nSPS) is 16.8. The van der Waals surface area contributed by atoms with Gasteiger partial charge in [0.2, 0.25) is 0 Å². The number of benzene rings is 2. The van der Waals surface area contributed by atoms with E-state index in [1.807, 2.05) is 42.7 Å². The summed E-state index contributed by atoms with van der Waals surface area (Å²) in [4.78, 5) is 13.5. The molecule has 24 heavy (non-hydrogen) atoms. The first-order chi connectivity index (χ1) is 11.7. The summed E-state index contributed by atoms with van der Waals surface area (Å²) in [5.41, 5.74) is 1.37. The fourth-order valence-corrected chi connectivity index (χ4v) is 3.06. The van der Waals surface area contributed by atoms with Crippen LogP contribution >= 0.6 is 11.8 Å². The maximum Gasteiger partial charge on any atom is 0.255 e. The Morgan fingerprint density at radius 1 is 1.29 bits per heavy atom. The molecule has 1 heterocycles. The van der Waals surface area contributed by atoms with Crippen molar-refractivity contribution in [2.24, 2.45) is 0 Å². The Kier molecular flexibility index (Phi) is 5.77. The lowest BCUT2D eigenvalue weighted by Gasteiger charge is -2.12. The zero-order chi connectivity index (χ0) is 16.8. The van der Waals surface area contributed by atoms with Crippen LogP contribution in [0.3, 0.4) is 0 Å². The molecule has 126 valence electrons. The van der Waals surface area contributed by atoms with Gasteiger partial charge >= 0.3 is 0 Å². The van der Waals surface area contributed by atoms with Crippen LogP contribution in [-0.4, -0.2) is 31.5 Å². The fraction of sp³-hybridized carbons (Fsp3) is 0.316. The van der Waals surface area contributed by atoms with Gasteiger partial charge in [-0.25, -0.2) is 0 Å². The summed E-state index contributed by atoms with van der Waals surface area (Å²) in [6.45, 7) is 1.34. The maximum absolute atomic E-state index is 12.4. The van der Waals surface area contributed by atoms with Gasteiger partial charge in [-0.05, 0) is 55.5 Å². The van der Waals surface area contributed by atoms with E-state index in [9.17, 15) is 4.79 Å². The van der Waals surface area contributed by atoms with Crippen molar-refractivity contribution < 1.29 is 14.3 Å². The van der Waals surface area contributed by atoms with Gasteiger partial charge in [0.15, 0.2) is 0 Å². The zero-order valence-electron chi connectivity index (χ0n) is 13.7. The minimum absolute atomic E-state index is 0.143.